The molecule has 16 heavy (non-hydrogen) atoms. The molecular weight excluding hydrogens is 241 g/mol. The second-order valence-electron chi connectivity index (χ2n) is 2.85. The Bertz CT molecular complexity index is 449. The Labute approximate surface area is 94.9 Å². The maximum Gasteiger partial charge on any atom is 0.347 e. The molecule has 1 aromatic rings. The topological polar surface area (TPSA) is 69.4 Å². The van der Waals surface area contributed by atoms with Crippen LogP contribution in [-0.4, -0.2) is 18.0 Å². The minimum Gasteiger partial charge on any atom is -0.465 e. The zero-order valence-corrected chi connectivity index (χ0v) is 8.95. The van der Waals surface area contributed by atoms with Gasteiger partial charge in [0.15, 0.2) is 5.56 Å². The van der Waals surface area contributed by atoms with E-state index in [1.54, 1.807) is 0 Å². The highest BCUT2D eigenvalue weighted by Gasteiger charge is 2.26. The number of rotatable bonds is 3. The standard InChI is InChI=1S/C9H7ClFNO4/c1-16-9(13)8-6(11)2-5(4-10)3-7(8)12(14)15/h2-3H,4H2,1H3. The van der Waals surface area contributed by atoms with Gasteiger partial charge in [0, 0.05) is 11.9 Å². The van der Waals surface area contributed by atoms with Crippen LogP contribution in [0.3, 0.4) is 0 Å². The van der Waals surface area contributed by atoms with Crippen molar-refractivity contribution in [3.05, 3.63) is 39.2 Å². The molecule has 0 aliphatic carbocycles. The van der Waals surface area contributed by atoms with Crippen molar-refractivity contribution in [1.29, 1.82) is 0 Å². The molecule has 1 aromatic carbocycles. The highest BCUT2D eigenvalue weighted by atomic mass is 35.5. The molecule has 0 aliphatic heterocycles. The van der Waals surface area contributed by atoms with Crippen LogP contribution in [0, 0.1) is 15.9 Å². The Morgan fingerprint density at radius 3 is 2.69 bits per heavy atom. The lowest BCUT2D eigenvalue weighted by atomic mass is 10.1. The van der Waals surface area contributed by atoms with E-state index in [-0.39, 0.29) is 11.4 Å². The zero-order valence-electron chi connectivity index (χ0n) is 8.20. The van der Waals surface area contributed by atoms with Gasteiger partial charge in [-0.25, -0.2) is 9.18 Å². The number of nitro benzene ring substituents is 1. The van der Waals surface area contributed by atoms with Crippen LogP contribution >= 0.6 is 11.6 Å². The molecule has 86 valence electrons. The molecule has 0 bridgehead atoms. The monoisotopic (exact) mass is 247 g/mol. The number of ether oxygens (including phenoxy) is 1. The van der Waals surface area contributed by atoms with Crippen molar-refractivity contribution in [3.63, 3.8) is 0 Å². The Hall–Kier alpha value is -1.69. The highest BCUT2D eigenvalue weighted by Crippen LogP contribution is 2.25. The van der Waals surface area contributed by atoms with Crippen LogP contribution in [-0.2, 0) is 10.6 Å². The number of carbonyl (C=O) groups excluding carboxylic acids is 1. The highest BCUT2D eigenvalue weighted by molar-refractivity contribution is 6.17. The van der Waals surface area contributed by atoms with Crippen LogP contribution in [0.15, 0.2) is 12.1 Å². The van der Waals surface area contributed by atoms with Gasteiger partial charge in [0.25, 0.3) is 5.69 Å². The van der Waals surface area contributed by atoms with Crippen LogP contribution < -0.4 is 0 Å². The van der Waals surface area contributed by atoms with Crippen LogP contribution in [0.2, 0.25) is 0 Å². The Balaban J connectivity index is 3.45. The van der Waals surface area contributed by atoms with Crippen LogP contribution in [0.1, 0.15) is 15.9 Å². The van der Waals surface area contributed by atoms with Crippen molar-refractivity contribution in [2.24, 2.45) is 0 Å². The van der Waals surface area contributed by atoms with Crippen LogP contribution in [0.5, 0.6) is 0 Å². The number of benzene rings is 1. The lowest BCUT2D eigenvalue weighted by Gasteiger charge is -2.04. The average Bonchev–Trinajstić information content (AvgIpc) is 2.26. The molecule has 0 fully saturated rings. The first-order valence-corrected chi connectivity index (χ1v) is 4.65. The van der Waals surface area contributed by atoms with E-state index in [2.05, 4.69) is 4.74 Å². The van der Waals surface area contributed by atoms with Crippen molar-refractivity contribution in [2.45, 2.75) is 5.88 Å². The summed E-state index contributed by atoms with van der Waals surface area (Å²) in [4.78, 5) is 21.0. The third-order valence-electron chi connectivity index (χ3n) is 1.87. The lowest BCUT2D eigenvalue weighted by Crippen LogP contribution is -2.09. The molecule has 0 N–H and O–H groups in total. The molecule has 0 aromatic heterocycles. The van der Waals surface area contributed by atoms with Gasteiger partial charge >= 0.3 is 5.97 Å². The van der Waals surface area contributed by atoms with Crippen LogP contribution in [0.25, 0.3) is 0 Å². The quantitative estimate of drug-likeness (QED) is 0.356. The van der Waals surface area contributed by atoms with Gasteiger partial charge in [0.05, 0.1) is 12.0 Å². The van der Waals surface area contributed by atoms with Gasteiger partial charge in [-0.3, -0.25) is 10.1 Å². The molecule has 0 atom stereocenters. The van der Waals surface area contributed by atoms with Gasteiger partial charge in [0.1, 0.15) is 5.82 Å². The van der Waals surface area contributed by atoms with E-state index in [1.807, 2.05) is 0 Å². The van der Waals surface area contributed by atoms with Crippen molar-refractivity contribution >= 4 is 23.3 Å². The van der Waals surface area contributed by atoms with Crippen LogP contribution in [0.4, 0.5) is 10.1 Å². The summed E-state index contributed by atoms with van der Waals surface area (Å²) < 4.78 is 17.7. The maximum atomic E-state index is 13.4. The van der Waals surface area contributed by atoms with E-state index in [0.29, 0.717) is 0 Å². The van der Waals surface area contributed by atoms with Gasteiger partial charge in [-0.1, -0.05) is 0 Å². The third kappa shape index (κ3) is 2.27. The molecule has 7 heteroatoms. The smallest absolute Gasteiger partial charge is 0.347 e. The molecular formula is C9H7ClFNO4. The summed E-state index contributed by atoms with van der Waals surface area (Å²) in [6, 6.07) is 2.01. The predicted octanol–water partition coefficient (Wildman–Crippen LogP) is 2.26. The van der Waals surface area contributed by atoms with Gasteiger partial charge in [-0.2, -0.15) is 0 Å². The largest absolute Gasteiger partial charge is 0.465 e. The van der Waals surface area contributed by atoms with E-state index in [4.69, 9.17) is 11.6 Å². The lowest BCUT2D eigenvalue weighted by molar-refractivity contribution is -0.385. The minimum absolute atomic E-state index is 0.0841. The van der Waals surface area contributed by atoms with E-state index < -0.39 is 28.0 Å². The van der Waals surface area contributed by atoms with E-state index in [0.717, 1.165) is 19.2 Å². The van der Waals surface area contributed by atoms with Gasteiger partial charge < -0.3 is 4.74 Å². The number of esters is 1. The number of halogens is 2. The summed E-state index contributed by atoms with van der Waals surface area (Å²) in [5.74, 6) is -2.19. The Morgan fingerprint density at radius 1 is 1.62 bits per heavy atom. The Kier molecular flexibility index (Phi) is 3.78. The fourth-order valence-corrected chi connectivity index (χ4v) is 1.33. The van der Waals surface area contributed by atoms with E-state index in [9.17, 15) is 19.3 Å². The Morgan fingerprint density at radius 2 is 2.25 bits per heavy atom. The summed E-state index contributed by atoms with van der Waals surface area (Å²) in [5, 5.41) is 10.7. The van der Waals surface area contributed by atoms with E-state index in [1.165, 1.54) is 0 Å². The molecule has 0 heterocycles. The maximum absolute atomic E-state index is 13.4. The molecule has 1 rings (SSSR count). The van der Waals surface area contributed by atoms with Gasteiger partial charge in [-0.05, 0) is 11.6 Å². The number of hydrogen-bond acceptors (Lipinski definition) is 4. The number of nitrogens with zero attached hydrogens (tertiary/aromatic N) is 1. The predicted molar refractivity (Wildman–Crippen MR) is 54.0 cm³/mol. The molecule has 0 unspecified atom stereocenters. The first-order chi connectivity index (χ1) is 7.51. The van der Waals surface area contributed by atoms with Crippen molar-refractivity contribution in [2.75, 3.05) is 7.11 Å². The minimum atomic E-state index is -1.09. The summed E-state index contributed by atoms with van der Waals surface area (Å²) in [7, 11) is 1.01. The first kappa shape index (κ1) is 12.4. The molecule has 0 spiro atoms. The fraction of sp³-hybridized carbons (Fsp3) is 0.222. The summed E-state index contributed by atoms with van der Waals surface area (Å²) in [5.41, 5.74) is -1.12. The van der Waals surface area contributed by atoms with Crippen molar-refractivity contribution in [3.8, 4) is 0 Å². The van der Waals surface area contributed by atoms with Crippen molar-refractivity contribution in [1.82, 2.24) is 0 Å². The molecule has 5 nitrogen and oxygen atoms in total. The number of alkyl halides is 1. The van der Waals surface area contributed by atoms with Crippen molar-refractivity contribution < 1.29 is 18.8 Å². The summed E-state index contributed by atoms with van der Waals surface area (Å²) in [6.45, 7) is 0. The molecule has 0 saturated heterocycles. The molecule has 0 saturated carbocycles. The molecule has 0 amide bonds. The first-order valence-electron chi connectivity index (χ1n) is 4.12. The fourth-order valence-electron chi connectivity index (χ4n) is 1.17. The second kappa shape index (κ2) is 4.89. The van der Waals surface area contributed by atoms with Gasteiger partial charge in [0.2, 0.25) is 0 Å². The number of carbonyl (C=O) groups is 1. The van der Waals surface area contributed by atoms with Gasteiger partial charge in [-0.15, -0.1) is 11.6 Å². The second-order valence-corrected chi connectivity index (χ2v) is 3.12. The normalized spacial score (nSPS) is 9.94. The summed E-state index contributed by atoms with van der Waals surface area (Å²) >= 11 is 5.44. The van der Waals surface area contributed by atoms with E-state index >= 15 is 0 Å². The molecule has 0 aliphatic rings. The third-order valence-corrected chi connectivity index (χ3v) is 2.18. The number of nitro groups is 1. The SMILES string of the molecule is COC(=O)c1c(F)cc(CCl)cc1[N+](=O)[O-]. The number of hydrogen-bond donors (Lipinski definition) is 0. The number of methoxy groups -OCH3 is 1. The molecule has 0 radical (unpaired) electrons. The zero-order chi connectivity index (χ0) is 12.3. The summed E-state index contributed by atoms with van der Waals surface area (Å²) in [6.07, 6.45) is 0. The average molecular weight is 248 g/mol.